The number of para-hydroxylation sites is 2. The number of carbonyl (C=O) groups is 1. The molecule has 6 rings (SSSR count). The van der Waals surface area contributed by atoms with Crippen LogP contribution in [0.15, 0.2) is 91.9 Å². The van der Waals surface area contributed by atoms with E-state index >= 15 is 0 Å². The van der Waals surface area contributed by atoms with E-state index in [9.17, 15) is 4.79 Å². The van der Waals surface area contributed by atoms with E-state index in [2.05, 4.69) is 31.2 Å². The molecule has 0 bridgehead atoms. The minimum Gasteiger partial charge on any atom is -0.454 e. The van der Waals surface area contributed by atoms with Crippen LogP contribution in [0.3, 0.4) is 0 Å². The van der Waals surface area contributed by atoms with Gasteiger partial charge < -0.3 is 13.9 Å². The molecule has 35 heavy (non-hydrogen) atoms. The Morgan fingerprint density at radius 2 is 1.94 bits per heavy atom. The number of aromatic nitrogens is 2. The number of carbonyl (C=O) groups excluding carboxylic acids is 1. The van der Waals surface area contributed by atoms with Crippen LogP contribution in [0, 0.1) is 0 Å². The van der Waals surface area contributed by atoms with Crippen LogP contribution in [0.5, 0.6) is 11.5 Å². The first-order chi connectivity index (χ1) is 17.2. The summed E-state index contributed by atoms with van der Waals surface area (Å²) in [6.45, 7) is 0.171. The maximum Gasteiger partial charge on any atom is 0.258 e. The van der Waals surface area contributed by atoms with E-state index in [4.69, 9.17) is 13.9 Å². The molecule has 3 heterocycles. The molecule has 0 radical (unpaired) electrons. The van der Waals surface area contributed by atoms with Crippen molar-refractivity contribution in [1.82, 2.24) is 9.78 Å². The number of halogens is 1. The quantitative estimate of drug-likeness (QED) is 0.168. The summed E-state index contributed by atoms with van der Waals surface area (Å²) in [4.78, 5) is 13.7. The second kappa shape index (κ2) is 8.97. The van der Waals surface area contributed by atoms with Crippen molar-refractivity contribution in [3.8, 4) is 17.2 Å². The fourth-order valence-corrected chi connectivity index (χ4v) is 4.79. The van der Waals surface area contributed by atoms with Gasteiger partial charge in [-0.15, -0.1) is 5.10 Å². The predicted molar refractivity (Wildman–Crippen MR) is 135 cm³/mol. The fraction of sp³-hybridized carbons (Fsp3) is 0.0400. The number of furan rings is 1. The van der Waals surface area contributed by atoms with Crippen molar-refractivity contribution in [1.29, 1.82) is 0 Å². The first kappa shape index (κ1) is 21.5. The summed E-state index contributed by atoms with van der Waals surface area (Å²) in [5.41, 5.74) is 2.12. The highest BCUT2D eigenvalue weighted by molar-refractivity contribution is 9.10. The van der Waals surface area contributed by atoms with Crippen LogP contribution in [0.25, 0.3) is 16.7 Å². The smallest absolute Gasteiger partial charge is 0.258 e. The molecular formula is C25H15BrN4O4S. The maximum atomic E-state index is 13.2. The van der Waals surface area contributed by atoms with Crippen molar-refractivity contribution >= 4 is 50.2 Å². The van der Waals surface area contributed by atoms with Gasteiger partial charge in [0.2, 0.25) is 11.6 Å². The zero-order valence-corrected chi connectivity index (χ0v) is 20.3. The van der Waals surface area contributed by atoms with E-state index < -0.39 is 0 Å². The Kier molecular flexibility index (Phi) is 5.51. The molecule has 0 fully saturated rings. The Hall–Kier alpha value is -4.02. The van der Waals surface area contributed by atoms with Gasteiger partial charge >= 0.3 is 0 Å². The third-order valence-corrected chi connectivity index (χ3v) is 6.62. The summed E-state index contributed by atoms with van der Waals surface area (Å²) in [5, 5.41) is 14.2. The van der Waals surface area contributed by atoms with Crippen molar-refractivity contribution in [2.24, 2.45) is 10.2 Å². The van der Waals surface area contributed by atoms with Gasteiger partial charge in [-0.1, -0.05) is 51.5 Å². The summed E-state index contributed by atoms with van der Waals surface area (Å²) in [6.07, 6.45) is 1.58. The lowest BCUT2D eigenvalue weighted by atomic mass is 10.2. The van der Waals surface area contributed by atoms with Crippen LogP contribution in [0.2, 0.25) is 0 Å². The minimum atomic E-state index is -0.330. The second-order valence-electron chi connectivity index (χ2n) is 7.48. The molecule has 3 aromatic carbocycles. The van der Waals surface area contributed by atoms with Crippen molar-refractivity contribution in [2.75, 3.05) is 6.79 Å². The third kappa shape index (κ3) is 4.17. The summed E-state index contributed by atoms with van der Waals surface area (Å²) < 4.78 is 19.2. The van der Waals surface area contributed by atoms with E-state index in [1.807, 2.05) is 66.7 Å². The minimum absolute atomic E-state index is 0.171. The molecule has 2 aromatic heterocycles. The summed E-state index contributed by atoms with van der Waals surface area (Å²) in [5.74, 6) is 1.17. The standard InChI is InChI=1S/C25H15BrN4O4S/c26-17-9-10-19-16(11-17)12-21(34-19)22(31)24-29-30(18-6-2-1-3-7-18)25(35-24)28-27-13-15-5-4-8-20-23(15)33-14-32-20/h1-13H,14H2/b27-13+,28-25+. The highest BCUT2D eigenvalue weighted by atomic mass is 79.9. The molecule has 0 N–H and O–H groups in total. The normalized spacial score (nSPS) is 13.2. The number of hydrogen-bond donors (Lipinski definition) is 0. The van der Waals surface area contributed by atoms with Gasteiger partial charge in [-0.25, -0.2) is 4.68 Å². The number of fused-ring (bicyclic) bond motifs is 2. The number of ketones is 1. The van der Waals surface area contributed by atoms with Gasteiger partial charge in [0.15, 0.2) is 22.3 Å². The Balaban J connectivity index is 1.40. The highest BCUT2D eigenvalue weighted by Gasteiger charge is 2.21. The molecule has 1 aliphatic rings. The number of hydrogen-bond acceptors (Lipinski definition) is 8. The zero-order valence-electron chi connectivity index (χ0n) is 17.9. The van der Waals surface area contributed by atoms with E-state index in [1.165, 1.54) is 0 Å². The lowest BCUT2D eigenvalue weighted by Gasteiger charge is -1.99. The largest absolute Gasteiger partial charge is 0.454 e. The first-order valence-electron chi connectivity index (χ1n) is 10.5. The molecule has 0 amide bonds. The molecule has 172 valence electrons. The summed E-state index contributed by atoms with van der Waals surface area (Å²) in [7, 11) is 0. The first-order valence-corrected chi connectivity index (χ1v) is 12.1. The van der Waals surface area contributed by atoms with Gasteiger partial charge in [0.05, 0.1) is 11.9 Å². The summed E-state index contributed by atoms with van der Waals surface area (Å²) >= 11 is 4.57. The van der Waals surface area contributed by atoms with Crippen molar-refractivity contribution in [3.63, 3.8) is 0 Å². The Bertz CT molecular complexity index is 1670. The van der Waals surface area contributed by atoms with Crippen LogP contribution in [-0.4, -0.2) is 28.6 Å². The molecule has 0 aliphatic carbocycles. The van der Waals surface area contributed by atoms with Crippen LogP contribution >= 0.6 is 27.3 Å². The lowest BCUT2D eigenvalue weighted by molar-refractivity contribution is 0.101. The van der Waals surface area contributed by atoms with Crippen LogP contribution in [0.1, 0.15) is 21.1 Å². The fourth-order valence-electron chi connectivity index (χ4n) is 3.60. The molecule has 0 unspecified atom stereocenters. The number of rotatable bonds is 5. The van der Waals surface area contributed by atoms with Gasteiger partial charge in [-0.2, -0.15) is 10.2 Å². The average molecular weight is 547 g/mol. The Labute approximate surface area is 210 Å². The van der Waals surface area contributed by atoms with Gasteiger partial charge in [0.25, 0.3) is 5.78 Å². The third-order valence-electron chi connectivity index (χ3n) is 5.22. The van der Waals surface area contributed by atoms with Crippen LogP contribution in [0.4, 0.5) is 0 Å². The van der Waals surface area contributed by atoms with E-state index in [-0.39, 0.29) is 23.3 Å². The number of nitrogens with zero attached hydrogens (tertiary/aromatic N) is 4. The number of ether oxygens (including phenoxy) is 2. The molecule has 0 atom stereocenters. The van der Waals surface area contributed by atoms with Crippen molar-refractivity contribution in [3.05, 3.63) is 98.4 Å². The summed E-state index contributed by atoms with van der Waals surface area (Å²) in [6, 6.07) is 22.3. The maximum absolute atomic E-state index is 13.2. The van der Waals surface area contributed by atoms with E-state index in [0.29, 0.717) is 21.9 Å². The van der Waals surface area contributed by atoms with E-state index in [1.54, 1.807) is 17.0 Å². The molecule has 0 saturated carbocycles. The van der Waals surface area contributed by atoms with Crippen molar-refractivity contribution < 1.29 is 18.7 Å². The average Bonchev–Trinajstić information content (AvgIpc) is 3.62. The topological polar surface area (TPSA) is 91.2 Å². The Morgan fingerprint density at radius 1 is 1.06 bits per heavy atom. The van der Waals surface area contributed by atoms with Crippen LogP contribution in [-0.2, 0) is 0 Å². The lowest BCUT2D eigenvalue weighted by Crippen LogP contribution is -2.14. The predicted octanol–water partition coefficient (Wildman–Crippen LogP) is 5.34. The molecule has 8 nitrogen and oxygen atoms in total. The SMILES string of the molecule is O=C(c1cc2cc(Br)ccc2o1)c1nn(-c2ccccc2)/c(=N\N=C\c2cccc3c2OCO3)s1. The van der Waals surface area contributed by atoms with Gasteiger partial charge in [-0.3, -0.25) is 4.79 Å². The second-order valence-corrected chi connectivity index (χ2v) is 9.36. The van der Waals surface area contributed by atoms with Gasteiger partial charge in [0, 0.05) is 15.4 Å². The molecule has 5 aromatic rings. The number of benzene rings is 3. The van der Waals surface area contributed by atoms with E-state index in [0.717, 1.165) is 32.4 Å². The molecule has 10 heteroatoms. The van der Waals surface area contributed by atoms with Crippen LogP contribution < -0.4 is 14.3 Å². The van der Waals surface area contributed by atoms with Crippen molar-refractivity contribution in [2.45, 2.75) is 0 Å². The molecule has 0 saturated heterocycles. The van der Waals surface area contributed by atoms with Gasteiger partial charge in [0.1, 0.15) is 5.58 Å². The zero-order chi connectivity index (χ0) is 23.8. The monoisotopic (exact) mass is 546 g/mol. The highest BCUT2D eigenvalue weighted by Crippen LogP contribution is 2.34. The molecule has 0 spiro atoms. The Morgan fingerprint density at radius 3 is 2.83 bits per heavy atom. The molecule has 1 aliphatic heterocycles. The molecular weight excluding hydrogens is 532 g/mol. The van der Waals surface area contributed by atoms with Gasteiger partial charge in [-0.05, 0) is 48.5 Å².